The molecule has 3 heterocycles. The van der Waals surface area contributed by atoms with Crippen molar-refractivity contribution in [3.05, 3.63) is 70.3 Å². The van der Waals surface area contributed by atoms with Crippen LogP contribution in [0.5, 0.6) is 0 Å². The van der Waals surface area contributed by atoms with Gasteiger partial charge in [0.05, 0.1) is 10.5 Å². The molecule has 2 amide bonds. The Morgan fingerprint density at radius 1 is 1.15 bits per heavy atom. The summed E-state index contributed by atoms with van der Waals surface area (Å²) in [5, 5.41) is 2.50. The van der Waals surface area contributed by atoms with Crippen molar-refractivity contribution in [3.63, 3.8) is 0 Å². The number of carbonyl (C=O) groups excluding carboxylic acids is 2. The fourth-order valence-corrected chi connectivity index (χ4v) is 3.03. The first-order chi connectivity index (χ1) is 12.6. The highest BCUT2D eigenvalue weighted by atomic mass is 32.2. The highest BCUT2D eigenvalue weighted by Gasteiger charge is 2.25. The number of imide groups is 1. The van der Waals surface area contributed by atoms with Gasteiger partial charge in [-0.3, -0.25) is 19.9 Å². The second-order valence-corrected chi connectivity index (χ2v) is 6.38. The summed E-state index contributed by atoms with van der Waals surface area (Å²) in [6.07, 6.45) is 4.69. The topological polar surface area (TPSA) is 72.2 Å². The van der Waals surface area contributed by atoms with Gasteiger partial charge in [0, 0.05) is 29.4 Å². The van der Waals surface area contributed by atoms with Crippen LogP contribution in [0.4, 0.5) is 9.18 Å². The number of nitrogens with one attached hydrogen (secondary N) is 1. The van der Waals surface area contributed by atoms with E-state index in [0.29, 0.717) is 22.5 Å². The summed E-state index contributed by atoms with van der Waals surface area (Å²) in [5.74, 6) is 5.54. The lowest BCUT2D eigenvalue weighted by molar-refractivity contribution is -0.115. The SMILES string of the molecule is O=C1NC(=O)/C(=C\c2cc3cncc(C#Cc4ccc(F)cc4)c3o2)S1. The second kappa shape index (κ2) is 6.50. The van der Waals surface area contributed by atoms with Crippen LogP contribution in [0.25, 0.3) is 17.0 Å². The molecule has 1 aliphatic rings. The number of hydrogen-bond donors (Lipinski definition) is 1. The normalized spacial score (nSPS) is 15.2. The van der Waals surface area contributed by atoms with Crippen LogP contribution in [0.3, 0.4) is 0 Å². The Hall–Kier alpha value is -3.37. The molecule has 126 valence electrons. The number of benzene rings is 1. The van der Waals surface area contributed by atoms with Gasteiger partial charge in [0.1, 0.15) is 11.6 Å². The summed E-state index contributed by atoms with van der Waals surface area (Å²) < 4.78 is 18.7. The molecule has 0 radical (unpaired) electrons. The molecule has 1 aliphatic heterocycles. The Labute approximate surface area is 151 Å². The van der Waals surface area contributed by atoms with Crippen molar-refractivity contribution in [2.24, 2.45) is 0 Å². The third kappa shape index (κ3) is 3.23. The van der Waals surface area contributed by atoms with E-state index in [1.807, 2.05) is 0 Å². The molecule has 1 fully saturated rings. The molecule has 4 rings (SSSR count). The third-order valence-electron chi connectivity index (χ3n) is 3.54. The van der Waals surface area contributed by atoms with Gasteiger partial charge in [-0.1, -0.05) is 11.8 Å². The zero-order chi connectivity index (χ0) is 18.1. The van der Waals surface area contributed by atoms with Gasteiger partial charge < -0.3 is 4.42 Å². The predicted octanol–water partition coefficient (Wildman–Crippen LogP) is 3.69. The Bertz CT molecular complexity index is 1140. The minimum atomic E-state index is -0.449. The molecule has 7 heteroatoms. The van der Waals surface area contributed by atoms with Gasteiger partial charge in [-0.25, -0.2) is 4.39 Å². The Morgan fingerprint density at radius 2 is 1.96 bits per heavy atom. The average molecular weight is 364 g/mol. The van der Waals surface area contributed by atoms with E-state index in [1.165, 1.54) is 18.2 Å². The van der Waals surface area contributed by atoms with Gasteiger partial charge in [0.25, 0.3) is 11.1 Å². The lowest BCUT2D eigenvalue weighted by Gasteiger charge is -1.93. The maximum absolute atomic E-state index is 12.9. The molecule has 0 atom stereocenters. The Balaban J connectivity index is 1.70. The molecule has 26 heavy (non-hydrogen) atoms. The van der Waals surface area contributed by atoms with E-state index in [1.54, 1.807) is 30.6 Å². The Kier molecular flexibility index (Phi) is 4.03. The van der Waals surface area contributed by atoms with Crippen molar-refractivity contribution in [2.75, 3.05) is 0 Å². The minimum absolute atomic E-state index is 0.265. The number of rotatable bonds is 1. The minimum Gasteiger partial charge on any atom is -0.455 e. The molecule has 1 N–H and O–H groups in total. The average Bonchev–Trinajstić information content (AvgIpc) is 3.17. The highest BCUT2D eigenvalue weighted by Crippen LogP contribution is 2.28. The monoisotopic (exact) mass is 364 g/mol. The molecular formula is C19H9FN2O3S. The van der Waals surface area contributed by atoms with Gasteiger partial charge >= 0.3 is 0 Å². The fraction of sp³-hybridized carbons (Fsp3) is 0. The molecule has 0 unspecified atom stereocenters. The summed E-state index contributed by atoms with van der Waals surface area (Å²) >= 11 is 0.819. The van der Waals surface area contributed by atoms with E-state index in [0.717, 1.165) is 17.1 Å². The van der Waals surface area contributed by atoms with Gasteiger partial charge in [-0.05, 0) is 42.1 Å². The first-order valence-electron chi connectivity index (χ1n) is 7.48. The molecule has 2 aromatic heterocycles. The molecule has 0 aliphatic carbocycles. The zero-order valence-corrected chi connectivity index (χ0v) is 13.9. The Morgan fingerprint density at radius 3 is 2.69 bits per heavy atom. The van der Waals surface area contributed by atoms with Crippen LogP contribution in [0.1, 0.15) is 16.9 Å². The number of thioether (sulfide) groups is 1. The molecule has 1 saturated heterocycles. The molecule has 1 aromatic carbocycles. The van der Waals surface area contributed by atoms with E-state index >= 15 is 0 Å². The molecular weight excluding hydrogens is 355 g/mol. The predicted molar refractivity (Wildman–Crippen MR) is 95.5 cm³/mol. The largest absolute Gasteiger partial charge is 0.455 e. The van der Waals surface area contributed by atoms with Crippen molar-refractivity contribution in [2.45, 2.75) is 0 Å². The summed E-state index contributed by atoms with van der Waals surface area (Å²) in [6, 6.07) is 7.56. The van der Waals surface area contributed by atoms with E-state index in [2.05, 4.69) is 22.1 Å². The summed E-state index contributed by atoms with van der Waals surface area (Å²) in [7, 11) is 0. The van der Waals surface area contributed by atoms with Gasteiger partial charge in [-0.15, -0.1) is 0 Å². The van der Waals surface area contributed by atoms with E-state index in [9.17, 15) is 14.0 Å². The van der Waals surface area contributed by atoms with Crippen molar-refractivity contribution in [1.29, 1.82) is 0 Å². The van der Waals surface area contributed by atoms with Crippen LogP contribution in [-0.2, 0) is 4.79 Å². The molecule has 0 spiro atoms. The zero-order valence-electron chi connectivity index (χ0n) is 13.1. The summed E-state index contributed by atoms with van der Waals surface area (Å²) in [5.41, 5.74) is 1.75. The van der Waals surface area contributed by atoms with Crippen molar-refractivity contribution < 1.29 is 18.4 Å². The van der Waals surface area contributed by atoms with Crippen LogP contribution in [0.2, 0.25) is 0 Å². The van der Waals surface area contributed by atoms with E-state index in [4.69, 9.17) is 4.42 Å². The number of furan rings is 1. The number of fused-ring (bicyclic) bond motifs is 1. The van der Waals surface area contributed by atoms with Crippen LogP contribution < -0.4 is 5.32 Å². The number of carbonyl (C=O) groups is 2. The number of pyridine rings is 1. The van der Waals surface area contributed by atoms with Gasteiger partial charge in [0.2, 0.25) is 0 Å². The lowest BCUT2D eigenvalue weighted by Crippen LogP contribution is -2.17. The van der Waals surface area contributed by atoms with Crippen LogP contribution in [0.15, 0.2) is 52.0 Å². The maximum Gasteiger partial charge on any atom is 0.290 e. The quantitative estimate of drug-likeness (QED) is 0.527. The summed E-state index contributed by atoms with van der Waals surface area (Å²) in [6.45, 7) is 0. The maximum atomic E-state index is 12.9. The van der Waals surface area contributed by atoms with Crippen molar-refractivity contribution >= 4 is 40.0 Å². The standard InChI is InChI=1S/C19H9FN2O3S/c20-14-5-2-11(3-6-14)1-4-12-9-21-10-13-7-15(25-17(12)13)8-16-18(23)22-19(24)26-16/h2-3,5-10H,(H,22,23,24)/b16-8+. The molecule has 5 nitrogen and oxygen atoms in total. The van der Waals surface area contributed by atoms with Crippen molar-refractivity contribution in [3.8, 4) is 11.8 Å². The van der Waals surface area contributed by atoms with Crippen LogP contribution in [-0.4, -0.2) is 16.1 Å². The number of halogens is 1. The fourth-order valence-electron chi connectivity index (χ4n) is 2.37. The highest BCUT2D eigenvalue weighted by molar-refractivity contribution is 8.18. The van der Waals surface area contributed by atoms with Crippen molar-refractivity contribution in [1.82, 2.24) is 10.3 Å². The number of amides is 2. The first kappa shape index (κ1) is 16.1. The van der Waals surface area contributed by atoms with Gasteiger partial charge in [0.15, 0.2) is 5.58 Å². The van der Waals surface area contributed by atoms with E-state index < -0.39 is 11.1 Å². The van der Waals surface area contributed by atoms with Gasteiger partial charge in [-0.2, -0.15) is 0 Å². The first-order valence-corrected chi connectivity index (χ1v) is 8.30. The lowest BCUT2D eigenvalue weighted by atomic mass is 10.2. The molecule has 0 bridgehead atoms. The number of nitrogens with zero attached hydrogens (tertiary/aromatic N) is 1. The number of aromatic nitrogens is 1. The molecule has 3 aromatic rings. The third-order valence-corrected chi connectivity index (χ3v) is 4.35. The van der Waals surface area contributed by atoms with Crippen LogP contribution in [0, 0.1) is 17.7 Å². The summed E-state index contributed by atoms with van der Waals surface area (Å²) in [4.78, 5) is 27.3. The second-order valence-electron chi connectivity index (χ2n) is 5.36. The van der Waals surface area contributed by atoms with E-state index in [-0.39, 0.29) is 10.7 Å². The number of hydrogen-bond acceptors (Lipinski definition) is 5. The molecule has 0 saturated carbocycles. The smallest absolute Gasteiger partial charge is 0.290 e. The van der Waals surface area contributed by atoms with Crippen LogP contribution >= 0.6 is 11.8 Å².